The molecule has 3 heteroatoms. The quantitative estimate of drug-likeness (QED) is 0.676. The average molecular weight is 250 g/mol. The second-order valence-electron chi connectivity index (χ2n) is 2.44. The van der Waals surface area contributed by atoms with Gasteiger partial charge in [-0.3, -0.25) is 9.41 Å². The third kappa shape index (κ3) is 4.11. The molecule has 0 heterocycles. The number of allylic oxidation sites excluding steroid dienone is 5. The zero-order valence-corrected chi connectivity index (χ0v) is 9.34. The Morgan fingerprint density at radius 2 is 2.17 bits per heavy atom. The van der Waals surface area contributed by atoms with E-state index >= 15 is 0 Å². The topological polar surface area (TPSA) is 0 Å². The Morgan fingerprint density at radius 3 is 2.58 bits per heavy atom. The Hall–Kier alpha value is -0.0369. The van der Waals surface area contributed by atoms with Gasteiger partial charge >= 0.3 is 77.6 Å². The van der Waals surface area contributed by atoms with Crippen LogP contribution in [0.2, 0.25) is 0 Å². The first-order valence-electron chi connectivity index (χ1n) is 3.55. The fourth-order valence-electron chi connectivity index (χ4n) is 1.04. The standard InChI is InChI=1S/C9H11.2FH.Zr/c1-2-3-6-9-7-4-5-8-9;;;/h2,4,7H,1,3,5-6H2;2*1H;. The van der Waals surface area contributed by atoms with Gasteiger partial charge in [0, 0.05) is 0 Å². The fraction of sp³-hybridized carbons (Fsp3) is 0.333. The summed E-state index contributed by atoms with van der Waals surface area (Å²) in [6.45, 7) is 3.71. The summed E-state index contributed by atoms with van der Waals surface area (Å²) in [5.41, 5.74) is 1.55. The van der Waals surface area contributed by atoms with Gasteiger partial charge in [-0.25, -0.2) is 0 Å². The molecule has 0 aliphatic heterocycles. The monoisotopic (exact) mass is 249 g/mol. The molecule has 0 nitrogen and oxygen atoms in total. The molecule has 0 unspecified atom stereocenters. The van der Waals surface area contributed by atoms with Gasteiger partial charge in [-0.2, -0.15) is 0 Å². The van der Waals surface area contributed by atoms with E-state index in [9.17, 15) is 0 Å². The molecule has 67 valence electrons. The molecule has 1 rings (SSSR count). The molecule has 1 aliphatic carbocycles. The molecule has 1 aliphatic rings. The van der Waals surface area contributed by atoms with Crippen molar-refractivity contribution in [2.45, 2.75) is 19.3 Å². The molecule has 0 saturated carbocycles. The molecule has 0 amide bonds. The Bertz CT molecular complexity index is 195. The van der Waals surface area contributed by atoms with Crippen LogP contribution in [-0.2, 0) is 24.7 Å². The van der Waals surface area contributed by atoms with Gasteiger partial charge in [0.15, 0.2) is 0 Å². The molecule has 0 bridgehead atoms. The first-order valence-corrected chi connectivity index (χ1v) is 4.78. The fourth-order valence-corrected chi connectivity index (χ4v) is 1.84. The molecular formula is C9H13F2Zr. The van der Waals surface area contributed by atoms with Crippen LogP contribution in [0.25, 0.3) is 0 Å². The first kappa shape index (κ1) is 14.5. The van der Waals surface area contributed by atoms with Crippen LogP contribution in [0.15, 0.2) is 33.7 Å². The van der Waals surface area contributed by atoms with Crippen LogP contribution in [0.3, 0.4) is 0 Å². The molecule has 0 atom stereocenters. The zero-order chi connectivity index (χ0) is 7.40. The summed E-state index contributed by atoms with van der Waals surface area (Å²) in [5.74, 6) is 0. The van der Waals surface area contributed by atoms with Gasteiger partial charge in [-0.15, -0.1) is 0 Å². The van der Waals surface area contributed by atoms with Gasteiger partial charge < -0.3 is 0 Å². The van der Waals surface area contributed by atoms with E-state index in [-0.39, 0.29) is 9.41 Å². The third-order valence-corrected chi connectivity index (χ3v) is 2.94. The maximum Gasteiger partial charge on any atom is -0.269 e. The zero-order valence-electron chi connectivity index (χ0n) is 6.88. The van der Waals surface area contributed by atoms with E-state index in [0.29, 0.717) is 0 Å². The van der Waals surface area contributed by atoms with E-state index < -0.39 is 0 Å². The molecule has 0 aromatic heterocycles. The van der Waals surface area contributed by atoms with Crippen molar-refractivity contribution in [3.8, 4) is 0 Å². The van der Waals surface area contributed by atoms with Crippen molar-refractivity contribution < 1.29 is 34.1 Å². The molecule has 0 aromatic carbocycles. The minimum Gasteiger partial charge on any atom is -0.269 e. The van der Waals surface area contributed by atoms with E-state index in [2.05, 4.69) is 18.7 Å². The number of hydrogen-bond donors (Lipinski definition) is 0. The minimum absolute atomic E-state index is 0. The Kier molecular flexibility index (Phi) is 9.18. The smallest absolute Gasteiger partial charge is 0.269 e. The Labute approximate surface area is 87.0 Å². The van der Waals surface area contributed by atoms with Crippen molar-refractivity contribution in [1.82, 2.24) is 0 Å². The maximum atomic E-state index is 3.71. The van der Waals surface area contributed by atoms with Crippen molar-refractivity contribution in [2.24, 2.45) is 0 Å². The van der Waals surface area contributed by atoms with E-state index in [1.165, 1.54) is 12.8 Å². The molecule has 0 aromatic rings. The molecule has 0 saturated heterocycles. The molecule has 12 heavy (non-hydrogen) atoms. The van der Waals surface area contributed by atoms with Crippen molar-refractivity contribution in [3.05, 3.63) is 33.7 Å². The van der Waals surface area contributed by atoms with E-state index in [1.807, 2.05) is 6.08 Å². The Balaban J connectivity index is 0. The van der Waals surface area contributed by atoms with Gasteiger partial charge in [0.1, 0.15) is 0 Å². The van der Waals surface area contributed by atoms with E-state index in [4.69, 9.17) is 0 Å². The molecule has 0 N–H and O–H groups in total. The van der Waals surface area contributed by atoms with Gasteiger partial charge in [-0.1, -0.05) is 0 Å². The SMILES string of the molecule is C=CCCC1=[C]([Zr])CC=C1.F.F. The summed E-state index contributed by atoms with van der Waals surface area (Å²) in [5, 5.41) is 0. The van der Waals surface area contributed by atoms with Crippen LogP contribution < -0.4 is 0 Å². The van der Waals surface area contributed by atoms with Crippen molar-refractivity contribution in [1.29, 1.82) is 0 Å². The molecule has 0 spiro atoms. The Morgan fingerprint density at radius 1 is 1.50 bits per heavy atom. The van der Waals surface area contributed by atoms with Gasteiger partial charge in [0.25, 0.3) is 0 Å². The predicted octanol–water partition coefficient (Wildman–Crippen LogP) is 3.02. The summed E-state index contributed by atoms with van der Waals surface area (Å²) < 4.78 is 1.62. The predicted molar refractivity (Wildman–Crippen MR) is 45.2 cm³/mol. The van der Waals surface area contributed by atoms with Crippen LogP contribution in [-0.4, -0.2) is 0 Å². The minimum atomic E-state index is 0. The summed E-state index contributed by atoms with van der Waals surface area (Å²) in [7, 11) is 0. The third-order valence-electron chi connectivity index (χ3n) is 1.65. The summed E-state index contributed by atoms with van der Waals surface area (Å²) >= 11 is 1.58. The molecule has 0 radical (unpaired) electrons. The second kappa shape index (κ2) is 7.60. The van der Waals surface area contributed by atoms with Gasteiger partial charge in [-0.05, 0) is 0 Å². The first-order chi connectivity index (χ1) is 4.84. The van der Waals surface area contributed by atoms with Crippen LogP contribution in [0, 0.1) is 0 Å². The number of hydrogen-bond acceptors (Lipinski definition) is 0. The number of halogens is 2. The van der Waals surface area contributed by atoms with Gasteiger partial charge in [0.2, 0.25) is 0 Å². The maximum absolute atomic E-state index is 3.71. The van der Waals surface area contributed by atoms with Crippen LogP contribution in [0.5, 0.6) is 0 Å². The van der Waals surface area contributed by atoms with Crippen LogP contribution in [0.4, 0.5) is 9.41 Å². The summed E-state index contributed by atoms with van der Waals surface area (Å²) in [6, 6.07) is 0. The van der Waals surface area contributed by atoms with Crippen LogP contribution in [0.1, 0.15) is 19.3 Å². The van der Waals surface area contributed by atoms with Crippen LogP contribution >= 0.6 is 0 Å². The van der Waals surface area contributed by atoms with Gasteiger partial charge in [0.05, 0.1) is 0 Å². The summed E-state index contributed by atoms with van der Waals surface area (Å²) in [4.78, 5) is 0. The normalized spacial score (nSPS) is 13.6. The van der Waals surface area contributed by atoms with Crippen molar-refractivity contribution >= 4 is 0 Å². The van der Waals surface area contributed by atoms with E-state index in [0.717, 1.165) is 6.42 Å². The second-order valence-corrected chi connectivity index (χ2v) is 3.92. The van der Waals surface area contributed by atoms with Crippen molar-refractivity contribution in [2.75, 3.05) is 0 Å². The molecular weight excluding hydrogens is 237 g/mol. The molecule has 0 fully saturated rings. The summed E-state index contributed by atoms with van der Waals surface area (Å²) in [6.07, 6.45) is 10.0. The average Bonchev–Trinajstić information content (AvgIpc) is 2.31. The number of rotatable bonds is 3. The van der Waals surface area contributed by atoms with Crippen molar-refractivity contribution in [3.63, 3.8) is 0 Å². The van der Waals surface area contributed by atoms with E-state index in [1.54, 1.807) is 33.6 Å². The largest absolute Gasteiger partial charge is 0.269 e.